The molecule has 0 aliphatic rings. The molecule has 3 aromatic heterocycles. The third-order valence-corrected chi connectivity index (χ3v) is 3.32. The Morgan fingerprint density at radius 2 is 2.21 bits per heavy atom. The molecule has 3 heterocycles. The van der Waals surface area contributed by atoms with Crippen molar-refractivity contribution in [2.45, 2.75) is 0 Å². The lowest BCUT2D eigenvalue weighted by atomic mass is 10.4. The molecule has 0 atom stereocenters. The number of carbonyl (C=O) groups is 1. The smallest absolute Gasteiger partial charge is 0.322 e. The number of nitrogens with one attached hydrogen (secondary N) is 1. The molecule has 19 heavy (non-hydrogen) atoms. The maximum atomic E-state index is 11.8. The molecule has 0 radical (unpaired) electrons. The van der Waals surface area contributed by atoms with Gasteiger partial charge in [0.1, 0.15) is 0 Å². The molecule has 96 valence electrons. The monoisotopic (exact) mass is 296 g/mol. The molecule has 1 N–H and O–H groups in total. The Hall–Kier alpha value is -2.19. The number of amides is 1. The highest BCUT2D eigenvalue weighted by Gasteiger charge is 2.15. The van der Waals surface area contributed by atoms with Gasteiger partial charge in [-0.15, -0.1) is 16.4 Å². The first-order valence-electron chi connectivity index (χ1n) is 5.03. The first kappa shape index (κ1) is 11.9. The van der Waals surface area contributed by atoms with Crippen LogP contribution < -0.4 is 5.32 Å². The van der Waals surface area contributed by atoms with Gasteiger partial charge in [0, 0.05) is 6.07 Å². The lowest BCUT2D eigenvalue weighted by molar-refractivity contribution is 0.102. The van der Waals surface area contributed by atoms with Crippen molar-refractivity contribution in [1.82, 2.24) is 15.4 Å². The normalized spacial score (nSPS) is 10.6. The molecule has 0 saturated heterocycles. The van der Waals surface area contributed by atoms with Crippen LogP contribution in [-0.2, 0) is 0 Å². The van der Waals surface area contributed by atoms with Gasteiger partial charge in [-0.2, -0.15) is 0 Å². The quantitative estimate of drug-likeness (QED) is 0.798. The summed E-state index contributed by atoms with van der Waals surface area (Å²) in [4.78, 5) is 12.2. The summed E-state index contributed by atoms with van der Waals surface area (Å²) in [5, 5.41) is 13.4. The van der Waals surface area contributed by atoms with Crippen molar-refractivity contribution >= 4 is 34.9 Å². The van der Waals surface area contributed by atoms with Crippen LogP contribution >= 0.6 is 22.9 Å². The van der Waals surface area contributed by atoms with Crippen LogP contribution in [0.1, 0.15) is 9.67 Å². The van der Waals surface area contributed by atoms with E-state index in [1.54, 1.807) is 18.2 Å². The molecule has 0 unspecified atom stereocenters. The molecule has 7 nitrogen and oxygen atoms in total. The predicted octanol–water partition coefficient (Wildman–Crippen LogP) is 2.69. The summed E-state index contributed by atoms with van der Waals surface area (Å²) in [6.45, 7) is 0. The number of hydrogen-bond donors (Lipinski definition) is 1. The number of rotatable bonds is 3. The summed E-state index contributed by atoms with van der Waals surface area (Å²) in [5.41, 5.74) is 0. The minimum absolute atomic E-state index is 0.0269. The first-order chi connectivity index (χ1) is 9.22. The van der Waals surface area contributed by atoms with Crippen molar-refractivity contribution in [3.05, 3.63) is 33.6 Å². The molecule has 0 saturated carbocycles. The Labute approximate surface area is 115 Å². The first-order valence-corrected chi connectivity index (χ1v) is 6.23. The van der Waals surface area contributed by atoms with Crippen LogP contribution in [0.2, 0.25) is 4.34 Å². The molecule has 3 rings (SSSR count). The van der Waals surface area contributed by atoms with Gasteiger partial charge in [-0.1, -0.05) is 21.9 Å². The van der Waals surface area contributed by atoms with E-state index in [0.717, 1.165) is 11.3 Å². The highest BCUT2D eigenvalue weighted by molar-refractivity contribution is 7.18. The predicted molar refractivity (Wildman–Crippen MR) is 67.1 cm³/mol. The maximum absolute atomic E-state index is 11.8. The highest BCUT2D eigenvalue weighted by Crippen LogP contribution is 2.23. The standard InChI is InChI=1S/C10H5ClN4O3S/c11-7-2-1-6(19-7)8(16)13-10-15-14-9(17-10)5-3-4-12-18-5/h1-4H,(H,13,15,16). The zero-order valence-corrected chi connectivity index (χ0v) is 10.7. The van der Waals surface area contributed by atoms with Crippen molar-refractivity contribution in [2.24, 2.45) is 0 Å². The van der Waals surface area contributed by atoms with Crippen LogP contribution in [0.15, 0.2) is 33.3 Å². The molecular weight excluding hydrogens is 292 g/mol. The minimum Gasteiger partial charge on any atom is -0.400 e. The van der Waals surface area contributed by atoms with Gasteiger partial charge >= 0.3 is 6.01 Å². The summed E-state index contributed by atoms with van der Waals surface area (Å²) in [6, 6.07) is 4.78. The number of hydrogen-bond acceptors (Lipinski definition) is 7. The van der Waals surface area contributed by atoms with Crippen molar-refractivity contribution in [2.75, 3.05) is 5.32 Å². The summed E-state index contributed by atoms with van der Waals surface area (Å²) >= 11 is 6.90. The molecule has 9 heteroatoms. The van der Waals surface area contributed by atoms with Crippen molar-refractivity contribution in [1.29, 1.82) is 0 Å². The van der Waals surface area contributed by atoms with E-state index in [1.165, 1.54) is 6.20 Å². The van der Waals surface area contributed by atoms with Crippen molar-refractivity contribution in [3.63, 3.8) is 0 Å². The molecular formula is C10H5ClN4O3S. The molecule has 0 fully saturated rings. The molecule has 0 aromatic carbocycles. The number of aromatic nitrogens is 3. The van der Waals surface area contributed by atoms with Crippen LogP contribution in [-0.4, -0.2) is 21.3 Å². The zero-order chi connectivity index (χ0) is 13.2. The summed E-state index contributed by atoms with van der Waals surface area (Å²) in [5.74, 6) is 0.0915. The summed E-state index contributed by atoms with van der Waals surface area (Å²) in [7, 11) is 0. The summed E-state index contributed by atoms with van der Waals surface area (Å²) < 4.78 is 10.6. The van der Waals surface area contributed by atoms with Gasteiger partial charge in [0.15, 0.2) is 0 Å². The van der Waals surface area contributed by atoms with Crippen molar-refractivity contribution in [3.8, 4) is 11.7 Å². The number of anilines is 1. The number of thiophene rings is 1. The Bertz CT molecular complexity index is 706. The van der Waals surface area contributed by atoms with Crippen LogP contribution in [0, 0.1) is 0 Å². The third-order valence-electron chi connectivity index (χ3n) is 2.09. The van der Waals surface area contributed by atoms with Crippen LogP contribution in [0.25, 0.3) is 11.7 Å². The average molecular weight is 297 g/mol. The van der Waals surface area contributed by atoms with E-state index in [9.17, 15) is 4.79 Å². The lowest BCUT2D eigenvalue weighted by Crippen LogP contribution is -2.10. The highest BCUT2D eigenvalue weighted by atomic mass is 35.5. The lowest BCUT2D eigenvalue weighted by Gasteiger charge is -1.95. The Morgan fingerprint density at radius 3 is 2.89 bits per heavy atom. The van der Waals surface area contributed by atoms with E-state index in [-0.39, 0.29) is 17.8 Å². The van der Waals surface area contributed by atoms with E-state index < -0.39 is 0 Å². The van der Waals surface area contributed by atoms with Crippen LogP contribution in [0.4, 0.5) is 6.01 Å². The van der Waals surface area contributed by atoms with Gasteiger partial charge < -0.3 is 8.94 Å². The minimum atomic E-state index is -0.371. The molecule has 1 amide bonds. The largest absolute Gasteiger partial charge is 0.400 e. The maximum Gasteiger partial charge on any atom is 0.322 e. The van der Waals surface area contributed by atoms with Gasteiger partial charge in [-0.05, 0) is 12.1 Å². The zero-order valence-electron chi connectivity index (χ0n) is 9.16. The summed E-state index contributed by atoms with van der Waals surface area (Å²) in [6.07, 6.45) is 1.45. The number of carbonyl (C=O) groups excluding carboxylic acids is 1. The Balaban J connectivity index is 1.76. The van der Waals surface area contributed by atoms with E-state index in [0.29, 0.717) is 15.0 Å². The van der Waals surface area contributed by atoms with Gasteiger partial charge in [-0.3, -0.25) is 10.1 Å². The molecule has 3 aromatic rings. The van der Waals surface area contributed by atoms with Gasteiger partial charge in [0.05, 0.1) is 15.4 Å². The fourth-order valence-electron chi connectivity index (χ4n) is 1.29. The molecule has 0 spiro atoms. The number of nitrogens with zero attached hydrogens (tertiary/aromatic N) is 3. The van der Waals surface area contributed by atoms with Crippen molar-refractivity contribution < 1.29 is 13.7 Å². The van der Waals surface area contributed by atoms with E-state index >= 15 is 0 Å². The average Bonchev–Trinajstić information content (AvgIpc) is 3.07. The van der Waals surface area contributed by atoms with Gasteiger partial charge in [-0.25, -0.2) is 0 Å². The fourth-order valence-corrected chi connectivity index (χ4v) is 2.23. The van der Waals surface area contributed by atoms with Gasteiger partial charge in [0.2, 0.25) is 5.76 Å². The topological polar surface area (TPSA) is 94.1 Å². The van der Waals surface area contributed by atoms with E-state index in [2.05, 4.69) is 20.7 Å². The number of halogens is 1. The van der Waals surface area contributed by atoms with E-state index in [4.69, 9.17) is 20.5 Å². The second-order valence-corrected chi connectivity index (χ2v) is 5.06. The molecule has 0 aliphatic heterocycles. The Kier molecular flexibility index (Phi) is 3.02. The van der Waals surface area contributed by atoms with E-state index in [1.807, 2.05) is 0 Å². The fraction of sp³-hybridized carbons (Fsp3) is 0. The van der Waals surface area contributed by atoms with Crippen LogP contribution in [0.5, 0.6) is 0 Å². The Morgan fingerprint density at radius 1 is 1.32 bits per heavy atom. The SMILES string of the molecule is O=C(Nc1nnc(-c2ccno2)o1)c1ccc(Cl)s1. The molecule has 0 aliphatic carbocycles. The second kappa shape index (κ2) is 4.82. The molecule has 0 bridgehead atoms. The van der Waals surface area contributed by atoms with Gasteiger partial charge in [0.25, 0.3) is 11.8 Å². The third kappa shape index (κ3) is 2.49. The van der Waals surface area contributed by atoms with Crippen LogP contribution in [0.3, 0.4) is 0 Å². The second-order valence-electron chi connectivity index (χ2n) is 3.35.